The average molecular weight is 258 g/mol. The van der Waals surface area contributed by atoms with Gasteiger partial charge in [-0.2, -0.15) is 0 Å². The standard InChI is InChI=1S/C8H7Cl3OS/c1-2-3-12-4-5-6(9)7(10)8(11)13-5/h2H,1,3-4H2. The van der Waals surface area contributed by atoms with Gasteiger partial charge < -0.3 is 4.74 Å². The molecule has 1 aromatic rings. The first-order valence-electron chi connectivity index (χ1n) is 3.47. The maximum atomic E-state index is 5.88. The summed E-state index contributed by atoms with van der Waals surface area (Å²) in [6.07, 6.45) is 1.67. The van der Waals surface area contributed by atoms with E-state index in [2.05, 4.69) is 6.58 Å². The minimum Gasteiger partial charge on any atom is -0.372 e. The first-order chi connectivity index (χ1) is 6.16. The molecule has 0 aliphatic heterocycles. The van der Waals surface area contributed by atoms with Crippen LogP contribution < -0.4 is 0 Å². The summed E-state index contributed by atoms with van der Waals surface area (Å²) in [6.45, 7) is 4.44. The van der Waals surface area contributed by atoms with E-state index in [0.29, 0.717) is 27.6 Å². The van der Waals surface area contributed by atoms with E-state index in [1.54, 1.807) is 6.08 Å². The van der Waals surface area contributed by atoms with Crippen LogP contribution in [0.2, 0.25) is 14.4 Å². The van der Waals surface area contributed by atoms with Crippen LogP contribution in [0.3, 0.4) is 0 Å². The van der Waals surface area contributed by atoms with Crippen molar-refractivity contribution in [1.82, 2.24) is 0 Å². The molecule has 0 aromatic carbocycles. The van der Waals surface area contributed by atoms with Gasteiger partial charge in [-0.3, -0.25) is 0 Å². The van der Waals surface area contributed by atoms with E-state index < -0.39 is 0 Å². The van der Waals surface area contributed by atoms with E-state index in [4.69, 9.17) is 39.5 Å². The van der Waals surface area contributed by atoms with Crippen molar-refractivity contribution in [2.75, 3.05) is 6.61 Å². The second-order valence-corrected chi connectivity index (χ2v) is 4.69. The summed E-state index contributed by atoms with van der Waals surface area (Å²) in [5.41, 5.74) is 0. The molecule has 0 aliphatic carbocycles. The number of ether oxygens (including phenoxy) is 1. The van der Waals surface area contributed by atoms with Crippen molar-refractivity contribution in [2.45, 2.75) is 6.61 Å². The first kappa shape index (κ1) is 11.3. The molecular formula is C8H7Cl3OS. The van der Waals surface area contributed by atoms with Crippen molar-refractivity contribution in [3.05, 3.63) is 31.9 Å². The number of rotatable bonds is 4. The van der Waals surface area contributed by atoms with Crippen LogP contribution in [0.4, 0.5) is 0 Å². The smallest absolute Gasteiger partial charge is 0.113 e. The third kappa shape index (κ3) is 2.86. The molecule has 1 heterocycles. The number of thiophene rings is 1. The molecule has 0 bridgehead atoms. The second-order valence-electron chi connectivity index (χ2n) is 2.23. The first-order valence-corrected chi connectivity index (χ1v) is 5.42. The number of hydrogen-bond donors (Lipinski definition) is 0. The lowest BCUT2D eigenvalue weighted by Gasteiger charge is -1.97. The Labute approximate surface area is 95.9 Å². The third-order valence-corrected chi connectivity index (χ3v) is 3.88. The van der Waals surface area contributed by atoms with Crippen molar-refractivity contribution in [3.63, 3.8) is 0 Å². The molecule has 1 aromatic heterocycles. The van der Waals surface area contributed by atoms with Crippen LogP contribution in [0, 0.1) is 0 Å². The van der Waals surface area contributed by atoms with Gasteiger partial charge in [0.25, 0.3) is 0 Å². The Bertz CT molecular complexity index is 309. The third-order valence-electron chi connectivity index (χ3n) is 1.29. The molecule has 0 radical (unpaired) electrons. The topological polar surface area (TPSA) is 9.23 Å². The van der Waals surface area contributed by atoms with Crippen LogP contribution in [-0.2, 0) is 11.3 Å². The van der Waals surface area contributed by atoms with Gasteiger partial charge in [0.05, 0.1) is 28.1 Å². The SMILES string of the molecule is C=CCOCc1sc(Cl)c(Cl)c1Cl. The molecule has 0 spiro atoms. The monoisotopic (exact) mass is 256 g/mol. The Morgan fingerprint density at radius 2 is 2.00 bits per heavy atom. The maximum absolute atomic E-state index is 5.88. The van der Waals surface area contributed by atoms with Gasteiger partial charge in [-0.1, -0.05) is 40.9 Å². The summed E-state index contributed by atoms with van der Waals surface area (Å²) in [5.74, 6) is 0. The fourth-order valence-corrected chi connectivity index (χ4v) is 2.51. The maximum Gasteiger partial charge on any atom is 0.113 e. The zero-order valence-corrected chi connectivity index (χ0v) is 9.73. The zero-order valence-electron chi connectivity index (χ0n) is 6.65. The van der Waals surface area contributed by atoms with E-state index in [-0.39, 0.29) is 0 Å². The Hall–Kier alpha value is 0.270. The lowest BCUT2D eigenvalue weighted by atomic mass is 10.5. The van der Waals surface area contributed by atoms with Crippen molar-refractivity contribution in [2.24, 2.45) is 0 Å². The molecule has 1 rings (SSSR count). The van der Waals surface area contributed by atoms with Crippen LogP contribution in [0.5, 0.6) is 0 Å². The molecule has 0 amide bonds. The van der Waals surface area contributed by atoms with Gasteiger partial charge in [0, 0.05) is 0 Å². The van der Waals surface area contributed by atoms with Gasteiger partial charge in [-0.15, -0.1) is 17.9 Å². The molecule has 72 valence electrons. The highest BCUT2D eigenvalue weighted by molar-refractivity contribution is 7.17. The lowest BCUT2D eigenvalue weighted by Crippen LogP contribution is -1.89. The zero-order chi connectivity index (χ0) is 9.84. The molecular weight excluding hydrogens is 251 g/mol. The molecule has 0 saturated heterocycles. The van der Waals surface area contributed by atoms with E-state index in [0.717, 1.165) is 4.88 Å². The number of hydrogen-bond acceptors (Lipinski definition) is 2. The summed E-state index contributed by atoms with van der Waals surface area (Å²) in [5, 5.41) is 0.895. The minimum atomic E-state index is 0.408. The minimum absolute atomic E-state index is 0.408. The van der Waals surface area contributed by atoms with Gasteiger partial charge in [0.2, 0.25) is 0 Å². The van der Waals surface area contributed by atoms with Crippen molar-refractivity contribution >= 4 is 46.1 Å². The Morgan fingerprint density at radius 1 is 1.31 bits per heavy atom. The van der Waals surface area contributed by atoms with Crippen LogP contribution in [0.15, 0.2) is 12.7 Å². The molecule has 0 N–H and O–H groups in total. The predicted molar refractivity (Wildman–Crippen MR) is 59.2 cm³/mol. The summed E-state index contributed by atoms with van der Waals surface area (Å²) < 4.78 is 5.71. The van der Waals surface area contributed by atoms with Crippen LogP contribution in [0.1, 0.15) is 4.88 Å². The molecule has 13 heavy (non-hydrogen) atoms. The second kappa shape index (κ2) is 5.23. The summed E-state index contributed by atoms with van der Waals surface area (Å²) >= 11 is 18.8. The fraction of sp³-hybridized carbons (Fsp3) is 0.250. The summed E-state index contributed by atoms with van der Waals surface area (Å²) in [7, 11) is 0. The van der Waals surface area contributed by atoms with Gasteiger partial charge in [-0.05, 0) is 0 Å². The molecule has 0 aliphatic rings. The van der Waals surface area contributed by atoms with Crippen molar-refractivity contribution in [1.29, 1.82) is 0 Å². The van der Waals surface area contributed by atoms with Gasteiger partial charge >= 0.3 is 0 Å². The average Bonchev–Trinajstić information content (AvgIpc) is 2.34. The van der Waals surface area contributed by atoms with Crippen LogP contribution in [0.25, 0.3) is 0 Å². The molecule has 0 atom stereocenters. The normalized spacial score (nSPS) is 10.4. The Balaban J connectivity index is 2.66. The highest BCUT2D eigenvalue weighted by atomic mass is 35.5. The van der Waals surface area contributed by atoms with Gasteiger partial charge in [0.15, 0.2) is 0 Å². The highest BCUT2D eigenvalue weighted by Crippen LogP contribution is 2.40. The molecule has 0 fully saturated rings. The van der Waals surface area contributed by atoms with Crippen LogP contribution >= 0.6 is 46.1 Å². The van der Waals surface area contributed by atoms with Crippen LogP contribution in [-0.4, -0.2) is 6.61 Å². The van der Waals surface area contributed by atoms with Gasteiger partial charge in [-0.25, -0.2) is 0 Å². The molecule has 0 saturated carbocycles. The summed E-state index contributed by atoms with van der Waals surface area (Å²) in [6, 6.07) is 0. The lowest BCUT2D eigenvalue weighted by molar-refractivity contribution is 0.151. The fourth-order valence-electron chi connectivity index (χ4n) is 0.734. The Morgan fingerprint density at radius 3 is 2.46 bits per heavy atom. The summed E-state index contributed by atoms with van der Waals surface area (Å²) in [4.78, 5) is 0.846. The number of halogens is 3. The Kier molecular flexibility index (Phi) is 4.56. The van der Waals surface area contributed by atoms with Crippen molar-refractivity contribution in [3.8, 4) is 0 Å². The molecule has 5 heteroatoms. The van der Waals surface area contributed by atoms with E-state index in [9.17, 15) is 0 Å². The quantitative estimate of drug-likeness (QED) is 0.573. The molecule has 1 nitrogen and oxygen atoms in total. The van der Waals surface area contributed by atoms with E-state index in [1.807, 2.05) is 0 Å². The molecule has 0 unspecified atom stereocenters. The van der Waals surface area contributed by atoms with E-state index in [1.165, 1.54) is 11.3 Å². The van der Waals surface area contributed by atoms with E-state index >= 15 is 0 Å². The largest absolute Gasteiger partial charge is 0.372 e. The highest BCUT2D eigenvalue weighted by Gasteiger charge is 2.12. The predicted octanol–water partition coefficient (Wildman–Crippen LogP) is 4.41. The van der Waals surface area contributed by atoms with Crippen molar-refractivity contribution < 1.29 is 4.74 Å². The van der Waals surface area contributed by atoms with Gasteiger partial charge in [0.1, 0.15) is 4.34 Å².